The Hall–Kier alpha value is -1.04. The van der Waals surface area contributed by atoms with E-state index >= 15 is 0 Å². The van der Waals surface area contributed by atoms with Gasteiger partial charge in [0, 0.05) is 18.9 Å². The van der Waals surface area contributed by atoms with Crippen LogP contribution in [-0.2, 0) is 12.9 Å². The molecule has 0 amide bonds. The van der Waals surface area contributed by atoms with Crippen molar-refractivity contribution in [3.8, 4) is 0 Å². The van der Waals surface area contributed by atoms with Crippen molar-refractivity contribution in [1.82, 2.24) is 4.98 Å². The van der Waals surface area contributed by atoms with Gasteiger partial charge >= 0.3 is 6.98 Å². The second-order valence-electron chi connectivity index (χ2n) is 2.76. The molecule has 6 heteroatoms. The van der Waals surface area contributed by atoms with E-state index in [1.165, 1.54) is 18.5 Å². The molecule has 0 atom stereocenters. The van der Waals surface area contributed by atoms with Gasteiger partial charge < -0.3 is 18.7 Å². The normalized spacial score (nSPS) is 11.7. The summed E-state index contributed by atoms with van der Waals surface area (Å²) in [5, 5.41) is 0. The Bertz CT molecular complexity index is 287. The van der Waals surface area contributed by atoms with Gasteiger partial charge in [-0.1, -0.05) is 11.9 Å². The number of nitrogens with zero attached hydrogens (tertiary/aromatic N) is 1. The van der Waals surface area contributed by atoms with E-state index in [1.807, 2.05) is 0 Å². The van der Waals surface area contributed by atoms with E-state index in [2.05, 4.69) is 4.98 Å². The minimum Gasteiger partial charge on any atom is -0.449 e. The first kappa shape index (κ1) is 10.0. The Morgan fingerprint density at radius 1 is 1.31 bits per heavy atom. The molecule has 0 saturated carbocycles. The first-order valence-electron chi connectivity index (χ1n) is 3.86. The van der Waals surface area contributed by atoms with Crippen LogP contribution in [0.4, 0.5) is 12.9 Å². The maximum atomic E-state index is 12.1. The molecule has 0 aliphatic heterocycles. The predicted octanol–water partition coefficient (Wildman–Crippen LogP) is 1.47. The van der Waals surface area contributed by atoms with Gasteiger partial charge in [-0.3, -0.25) is 4.98 Å². The largest absolute Gasteiger partial charge is 0.482 e. The lowest BCUT2D eigenvalue weighted by atomic mass is 9.81. The molecular formula is C7H9BF3N2-. The lowest BCUT2D eigenvalue weighted by molar-refractivity contribution is 0.468. The van der Waals surface area contributed by atoms with Gasteiger partial charge in [0.15, 0.2) is 0 Å². The van der Waals surface area contributed by atoms with Crippen LogP contribution in [0.25, 0.3) is 0 Å². The third-order valence-corrected chi connectivity index (χ3v) is 1.68. The summed E-state index contributed by atoms with van der Waals surface area (Å²) >= 11 is 0. The van der Waals surface area contributed by atoms with Crippen molar-refractivity contribution in [3.63, 3.8) is 0 Å². The molecule has 0 saturated heterocycles. The fourth-order valence-electron chi connectivity index (χ4n) is 1.09. The highest BCUT2D eigenvalue weighted by Crippen LogP contribution is 2.18. The van der Waals surface area contributed by atoms with Gasteiger partial charge in [0.05, 0.1) is 0 Å². The summed E-state index contributed by atoms with van der Waals surface area (Å²) in [6.07, 6.45) is 1.76. The van der Waals surface area contributed by atoms with Crippen LogP contribution in [0.1, 0.15) is 11.1 Å². The number of aromatic nitrogens is 1. The predicted molar refractivity (Wildman–Crippen MR) is 44.9 cm³/mol. The lowest BCUT2D eigenvalue weighted by Gasteiger charge is -2.15. The fraction of sp³-hybridized carbons (Fsp3) is 0.286. The molecular weight excluding hydrogens is 180 g/mol. The molecule has 0 aromatic carbocycles. The van der Waals surface area contributed by atoms with Crippen LogP contribution in [0.5, 0.6) is 0 Å². The minimum absolute atomic E-state index is 0.115. The Morgan fingerprint density at radius 3 is 2.54 bits per heavy atom. The van der Waals surface area contributed by atoms with Gasteiger partial charge in [0.1, 0.15) is 0 Å². The van der Waals surface area contributed by atoms with Crippen LogP contribution in [0.3, 0.4) is 0 Å². The Morgan fingerprint density at radius 2 is 2.00 bits per heavy atom. The maximum Gasteiger partial charge on any atom is 0.482 e. The molecule has 0 bridgehead atoms. The van der Waals surface area contributed by atoms with E-state index < -0.39 is 13.3 Å². The van der Waals surface area contributed by atoms with Crippen LogP contribution >= 0.6 is 0 Å². The smallest absolute Gasteiger partial charge is 0.449 e. The number of hydrogen-bond donors (Lipinski definition) is 1. The number of nitrogens with two attached hydrogens (primary N) is 1. The molecule has 1 rings (SSSR count). The third-order valence-electron chi connectivity index (χ3n) is 1.68. The first-order chi connectivity index (χ1) is 6.03. The van der Waals surface area contributed by atoms with Gasteiger partial charge in [-0.05, 0) is 11.6 Å². The molecule has 13 heavy (non-hydrogen) atoms. The van der Waals surface area contributed by atoms with Crippen molar-refractivity contribution in [2.75, 3.05) is 0 Å². The van der Waals surface area contributed by atoms with Gasteiger partial charge in [0.25, 0.3) is 0 Å². The number of hydrogen-bond acceptors (Lipinski definition) is 2. The SMILES string of the molecule is NCc1ccncc1C[B-](F)(F)F. The van der Waals surface area contributed by atoms with Crippen LogP contribution < -0.4 is 5.73 Å². The van der Waals surface area contributed by atoms with E-state index in [4.69, 9.17) is 5.73 Å². The standard InChI is InChI=1S/C7H9BF3N2/c9-8(10,11)3-7-5-13-2-1-6(7)4-12/h1-2,5H,3-4,12H2/q-1. The van der Waals surface area contributed by atoms with Crippen LogP contribution in [0, 0.1) is 0 Å². The Balaban J connectivity index is 2.87. The first-order valence-corrected chi connectivity index (χ1v) is 3.86. The topological polar surface area (TPSA) is 38.9 Å². The fourth-order valence-corrected chi connectivity index (χ4v) is 1.09. The molecule has 72 valence electrons. The number of rotatable bonds is 3. The zero-order valence-corrected chi connectivity index (χ0v) is 6.88. The summed E-state index contributed by atoms with van der Waals surface area (Å²) in [6.45, 7) is -4.69. The molecule has 0 radical (unpaired) electrons. The molecule has 2 nitrogen and oxygen atoms in total. The van der Waals surface area contributed by atoms with Gasteiger partial charge in [-0.15, -0.1) is 0 Å². The summed E-state index contributed by atoms with van der Waals surface area (Å²) in [6, 6.07) is 1.51. The average Bonchev–Trinajstić information content (AvgIpc) is 2.02. The molecule has 0 unspecified atom stereocenters. The van der Waals surface area contributed by atoms with Crippen LogP contribution in [0.15, 0.2) is 18.5 Å². The van der Waals surface area contributed by atoms with E-state index in [1.54, 1.807) is 0 Å². The monoisotopic (exact) mass is 189 g/mol. The Labute approximate surface area is 74.0 Å². The molecule has 0 aliphatic carbocycles. The van der Waals surface area contributed by atoms with Crippen molar-refractivity contribution in [2.24, 2.45) is 5.73 Å². The average molecular weight is 189 g/mol. The maximum absolute atomic E-state index is 12.1. The van der Waals surface area contributed by atoms with E-state index in [0.717, 1.165) is 0 Å². The highest BCUT2D eigenvalue weighted by Gasteiger charge is 2.24. The van der Waals surface area contributed by atoms with E-state index in [0.29, 0.717) is 5.56 Å². The molecule has 1 heterocycles. The second kappa shape index (κ2) is 3.78. The van der Waals surface area contributed by atoms with Gasteiger partial charge in [-0.2, -0.15) is 0 Å². The van der Waals surface area contributed by atoms with E-state index in [-0.39, 0.29) is 12.1 Å². The molecule has 0 spiro atoms. The summed E-state index contributed by atoms with van der Waals surface area (Å²) < 4.78 is 36.2. The Kier molecular flexibility index (Phi) is 2.92. The highest BCUT2D eigenvalue weighted by molar-refractivity contribution is 6.57. The molecule has 2 N–H and O–H groups in total. The zero-order chi connectivity index (χ0) is 9.90. The lowest BCUT2D eigenvalue weighted by Crippen LogP contribution is -2.21. The second-order valence-corrected chi connectivity index (χ2v) is 2.76. The summed E-state index contributed by atoms with van der Waals surface area (Å²) in [7, 11) is 0. The van der Waals surface area contributed by atoms with Gasteiger partial charge in [-0.25, -0.2) is 0 Å². The third kappa shape index (κ3) is 3.06. The summed E-state index contributed by atoms with van der Waals surface area (Å²) in [5.74, 6) is 0. The quantitative estimate of drug-likeness (QED) is 0.731. The van der Waals surface area contributed by atoms with Crippen LogP contribution in [0.2, 0.25) is 0 Å². The highest BCUT2D eigenvalue weighted by atomic mass is 19.4. The van der Waals surface area contributed by atoms with Gasteiger partial charge in [0.2, 0.25) is 0 Å². The summed E-state index contributed by atoms with van der Waals surface area (Å²) in [4.78, 5) is 3.63. The minimum atomic E-state index is -4.80. The van der Waals surface area contributed by atoms with Crippen molar-refractivity contribution in [1.29, 1.82) is 0 Å². The van der Waals surface area contributed by atoms with Crippen molar-refractivity contribution >= 4 is 6.98 Å². The molecule has 0 fully saturated rings. The number of halogens is 3. The van der Waals surface area contributed by atoms with Crippen molar-refractivity contribution < 1.29 is 12.9 Å². The van der Waals surface area contributed by atoms with Crippen LogP contribution in [-0.4, -0.2) is 12.0 Å². The van der Waals surface area contributed by atoms with Crippen molar-refractivity contribution in [2.45, 2.75) is 12.9 Å². The zero-order valence-electron chi connectivity index (χ0n) is 6.88. The van der Waals surface area contributed by atoms with E-state index in [9.17, 15) is 12.9 Å². The van der Waals surface area contributed by atoms with Crippen molar-refractivity contribution in [3.05, 3.63) is 29.6 Å². The molecule has 0 aliphatic rings. The number of pyridine rings is 1. The molecule has 1 aromatic heterocycles. The summed E-state index contributed by atoms with van der Waals surface area (Å²) in [5.41, 5.74) is 5.97. The molecule has 1 aromatic rings.